The lowest BCUT2D eigenvalue weighted by molar-refractivity contribution is 0.0987. The van der Waals surface area contributed by atoms with Crippen molar-refractivity contribution in [2.75, 3.05) is 7.11 Å². The van der Waals surface area contributed by atoms with Crippen LogP contribution in [0.3, 0.4) is 0 Å². The Bertz CT molecular complexity index is 321. The summed E-state index contributed by atoms with van der Waals surface area (Å²) in [6.07, 6.45) is 0.544. The predicted molar refractivity (Wildman–Crippen MR) is 60.3 cm³/mol. The lowest BCUT2D eigenvalue weighted by atomic mass is 10.1. The smallest absolute Gasteiger partial charge is 0.163 e. The molecule has 0 bridgehead atoms. The molecule has 0 aliphatic rings. The van der Waals surface area contributed by atoms with Crippen LogP contribution in [0.5, 0.6) is 5.75 Å². The molecule has 0 atom stereocenters. The van der Waals surface area contributed by atoms with Gasteiger partial charge in [-0.1, -0.05) is 6.92 Å². The number of rotatable bonds is 3. The van der Waals surface area contributed by atoms with Crippen molar-refractivity contribution in [3.63, 3.8) is 0 Å². The van der Waals surface area contributed by atoms with E-state index in [1.54, 1.807) is 7.11 Å². The molecular formula is C10H11IO2. The van der Waals surface area contributed by atoms with E-state index in [1.165, 1.54) is 0 Å². The van der Waals surface area contributed by atoms with Gasteiger partial charge in [0.25, 0.3) is 0 Å². The number of halogens is 1. The Kier molecular flexibility index (Phi) is 3.71. The molecular weight excluding hydrogens is 279 g/mol. The van der Waals surface area contributed by atoms with Crippen LogP contribution in [0.25, 0.3) is 0 Å². The summed E-state index contributed by atoms with van der Waals surface area (Å²) in [5.74, 6) is 0.962. The molecule has 0 radical (unpaired) electrons. The largest absolute Gasteiger partial charge is 0.497 e. The van der Waals surface area contributed by atoms with Crippen molar-refractivity contribution >= 4 is 28.4 Å². The van der Waals surface area contributed by atoms with Gasteiger partial charge < -0.3 is 4.74 Å². The van der Waals surface area contributed by atoms with Crippen molar-refractivity contribution in [1.29, 1.82) is 0 Å². The third kappa shape index (κ3) is 2.43. The van der Waals surface area contributed by atoms with Crippen LogP contribution in [0, 0.1) is 3.57 Å². The minimum Gasteiger partial charge on any atom is -0.497 e. The second kappa shape index (κ2) is 4.60. The monoisotopic (exact) mass is 290 g/mol. The van der Waals surface area contributed by atoms with Gasteiger partial charge in [0.15, 0.2) is 5.78 Å². The number of ketones is 1. The highest BCUT2D eigenvalue weighted by Gasteiger charge is 2.07. The fourth-order valence-corrected chi connectivity index (χ4v) is 1.83. The van der Waals surface area contributed by atoms with Gasteiger partial charge in [-0.2, -0.15) is 0 Å². The number of methoxy groups -OCH3 is 1. The van der Waals surface area contributed by atoms with E-state index in [4.69, 9.17) is 4.74 Å². The topological polar surface area (TPSA) is 26.3 Å². The molecule has 1 aromatic carbocycles. The standard InChI is InChI=1S/C10H11IO2/c1-3-10(12)8-5-4-7(13-2)6-9(8)11/h4-6H,3H2,1-2H3. The van der Waals surface area contributed by atoms with E-state index in [2.05, 4.69) is 22.6 Å². The van der Waals surface area contributed by atoms with E-state index in [9.17, 15) is 4.79 Å². The molecule has 2 nitrogen and oxygen atoms in total. The summed E-state index contributed by atoms with van der Waals surface area (Å²) in [5, 5.41) is 0. The Hall–Kier alpha value is -0.580. The molecule has 0 saturated carbocycles. The van der Waals surface area contributed by atoms with Crippen LogP contribution in [0.2, 0.25) is 0 Å². The van der Waals surface area contributed by atoms with Gasteiger partial charge in [0, 0.05) is 15.6 Å². The van der Waals surface area contributed by atoms with Crippen LogP contribution in [0.15, 0.2) is 18.2 Å². The zero-order valence-corrected chi connectivity index (χ0v) is 9.79. The molecule has 0 saturated heterocycles. The summed E-state index contributed by atoms with van der Waals surface area (Å²) >= 11 is 2.15. The molecule has 0 N–H and O–H groups in total. The van der Waals surface area contributed by atoms with Crippen molar-refractivity contribution in [3.05, 3.63) is 27.3 Å². The molecule has 13 heavy (non-hydrogen) atoms. The van der Waals surface area contributed by atoms with Crippen molar-refractivity contribution in [2.24, 2.45) is 0 Å². The van der Waals surface area contributed by atoms with Gasteiger partial charge in [-0.05, 0) is 40.8 Å². The zero-order valence-electron chi connectivity index (χ0n) is 7.63. The summed E-state index contributed by atoms with van der Waals surface area (Å²) in [6.45, 7) is 1.86. The van der Waals surface area contributed by atoms with Crippen LogP contribution in [-0.2, 0) is 0 Å². The Balaban J connectivity index is 3.05. The number of carbonyl (C=O) groups is 1. The van der Waals surface area contributed by atoms with Gasteiger partial charge in [0.2, 0.25) is 0 Å². The molecule has 3 heteroatoms. The van der Waals surface area contributed by atoms with Gasteiger partial charge in [-0.25, -0.2) is 0 Å². The third-order valence-electron chi connectivity index (χ3n) is 1.80. The quantitative estimate of drug-likeness (QED) is 0.632. The Morgan fingerprint density at radius 2 is 2.23 bits per heavy atom. The van der Waals surface area contributed by atoms with Gasteiger partial charge in [0.1, 0.15) is 5.75 Å². The van der Waals surface area contributed by atoms with E-state index in [0.29, 0.717) is 6.42 Å². The molecule has 0 spiro atoms. The van der Waals surface area contributed by atoms with Crippen LogP contribution in [0.4, 0.5) is 0 Å². The Labute approximate surface area is 91.4 Å². The Morgan fingerprint density at radius 1 is 1.54 bits per heavy atom. The molecule has 0 aromatic heterocycles. The van der Waals surface area contributed by atoms with E-state index in [0.717, 1.165) is 14.9 Å². The first-order chi connectivity index (χ1) is 6.19. The maximum atomic E-state index is 11.4. The normalized spacial score (nSPS) is 9.77. The molecule has 0 fully saturated rings. The molecule has 0 unspecified atom stereocenters. The number of benzene rings is 1. The first-order valence-corrected chi connectivity index (χ1v) is 5.13. The van der Waals surface area contributed by atoms with Gasteiger partial charge in [-0.15, -0.1) is 0 Å². The summed E-state index contributed by atoms with van der Waals surface area (Å²) in [7, 11) is 1.62. The first-order valence-electron chi connectivity index (χ1n) is 4.05. The predicted octanol–water partition coefficient (Wildman–Crippen LogP) is 2.89. The second-order valence-electron chi connectivity index (χ2n) is 2.62. The number of carbonyl (C=O) groups excluding carboxylic acids is 1. The average molecular weight is 290 g/mol. The molecule has 0 aliphatic carbocycles. The van der Waals surface area contributed by atoms with Crippen molar-refractivity contribution < 1.29 is 9.53 Å². The fourth-order valence-electron chi connectivity index (χ4n) is 1.04. The third-order valence-corrected chi connectivity index (χ3v) is 2.69. The van der Waals surface area contributed by atoms with Gasteiger partial charge >= 0.3 is 0 Å². The van der Waals surface area contributed by atoms with Crippen molar-refractivity contribution in [1.82, 2.24) is 0 Å². The van der Waals surface area contributed by atoms with E-state index in [1.807, 2.05) is 25.1 Å². The molecule has 0 amide bonds. The van der Waals surface area contributed by atoms with E-state index < -0.39 is 0 Å². The maximum Gasteiger partial charge on any atom is 0.163 e. The lowest BCUT2D eigenvalue weighted by Crippen LogP contribution is -1.99. The maximum absolute atomic E-state index is 11.4. The highest BCUT2D eigenvalue weighted by atomic mass is 127. The first kappa shape index (κ1) is 10.5. The summed E-state index contributed by atoms with van der Waals surface area (Å²) in [4.78, 5) is 11.4. The highest BCUT2D eigenvalue weighted by Crippen LogP contribution is 2.20. The van der Waals surface area contributed by atoms with Crippen LogP contribution < -0.4 is 4.74 Å². The van der Waals surface area contributed by atoms with E-state index >= 15 is 0 Å². The van der Waals surface area contributed by atoms with Crippen molar-refractivity contribution in [2.45, 2.75) is 13.3 Å². The zero-order chi connectivity index (χ0) is 9.84. The minimum atomic E-state index is 0.173. The fraction of sp³-hybridized carbons (Fsp3) is 0.300. The number of ether oxygens (including phenoxy) is 1. The van der Waals surface area contributed by atoms with Crippen LogP contribution >= 0.6 is 22.6 Å². The highest BCUT2D eigenvalue weighted by molar-refractivity contribution is 14.1. The number of hydrogen-bond donors (Lipinski definition) is 0. The average Bonchev–Trinajstić information content (AvgIpc) is 2.16. The van der Waals surface area contributed by atoms with Crippen LogP contribution in [0.1, 0.15) is 23.7 Å². The summed E-state index contributed by atoms with van der Waals surface area (Å²) in [5.41, 5.74) is 0.781. The molecule has 1 rings (SSSR count). The van der Waals surface area contributed by atoms with Gasteiger partial charge in [-0.3, -0.25) is 4.79 Å². The molecule has 0 aliphatic heterocycles. The summed E-state index contributed by atoms with van der Waals surface area (Å²) < 4.78 is 6.00. The SMILES string of the molecule is CCC(=O)c1ccc(OC)cc1I. The molecule has 0 heterocycles. The van der Waals surface area contributed by atoms with Crippen molar-refractivity contribution in [3.8, 4) is 5.75 Å². The van der Waals surface area contributed by atoms with E-state index in [-0.39, 0.29) is 5.78 Å². The van der Waals surface area contributed by atoms with Crippen LogP contribution in [-0.4, -0.2) is 12.9 Å². The second-order valence-corrected chi connectivity index (χ2v) is 3.78. The molecule has 70 valence electrons. The summed E-state index contributed by atoms with van der Waals surface area (Å²) in [6, 6.07) is 5.49. The minimum absolute atomic E-state index is 0.173. The molecule has 1 aromatic rings. The number of hydrogen-bond acceptors (Lipinski definition) is 2. The van der Waals surface area contributed by atoms with Gasteiger partial charge in [0.05, 0.1) is 7.11 Å². The Morgan fingerprint density at radius 3 is 2.69 bits per heavy atom. The lowest BCUT2D eigenvalue weighted by Gasteiger charge is -2.04. The number of Topliss-reactive ketones (excluding diaryl/α,β-unsaturated/α-hetero) is 1.